The SMILES string of the molecule is CCCCCC/C=C\C/C=C\CCCCCCCCCC(=O)OCCCCCC/C=C\CCCCCCCCCC(=O)NC(CO)C(O)CCCCCCCCCCCCCCCCCCCC. The molecule has 0 aromatic carbocycles. The quantitative estimate of drug-likeness (QED) is 0.0321. The zero-order valence-electron chi connectivity index (χ0n) is 45.6. The topological polar surface area (TPSA) is 95.9 Å². The molecule has 0 aromatic rings. The number of nitrogens with one attached hydrogen (secondary N) is 1. The summed E-state index contributed by atoms with van der Waals surface area (Å²) in [5.74, 6) is -0.0658. The summed E-state index contributed by atoms with van der Waals surface area (Å²) in [5.41, 5.74) is 0. The van der Waals surface area contributed by atoms with Crippen molar-refractivity contribution in [1.29, 1.82) is 0 Å². The maximum absolute atomic E-state index is 12.5. The van der Waals surface area contributed by atoms with Gasteiger partial charge in [-0.2, -0.15) is 0 Å². The molecule has 0 bridgehead atoms. The predicted molar refractivity (Wildman–Crippen MR) is 296 cm³/mol. The number of carbonyl (C=O) groups is 2. The van der Waals surface area contributed by atoms with Crippen LogP contribution in [-0.4, -0.2) is 47.4 Å². The van der Waals surface area contributed by atoms with Gasteiger partial charge in [0.2, 0.25) is 5.91 Å². The van der Waals surface area contributed by atoms with Gasteiger partial charge in [-0.25, -0.2) is 0 Å². The molecule has 0 saturated carbocycles. The lowest BCUT2D eigenvalue weighted by atomic mass is 10.0. The molecule has 0 radical (unpaired) electrons. The summed E-state index contributed by atoms with van der Waals surface area (Å²) >= 11 is 0. The van der Waals surface area contributed by atoms with Crippen molar-refractivity contribution in [2.45, 2.75) is 334 Å². The van der Waals surface area contributed by atoms with Gasteiger partial charge in [-0.1, -0.05) is 262 Å². The summed E-state index contributed by atoms with van der Waals surface area (Å²) < 4.78 is 5.47. The first-order chi connectivity index (χ1) is 33.5. The van der Waals surface area contributed by atoms with E-state index < -0.39 is 12.1 Å². The van der Waals surface area contributed by atoms with Crippen LogP contribution in [0.1, 0.15) is 322 Å². The zero-order valence-corrected chi connectivity index (χ0v) is 45.6. The number of ether oxygens (including phenoxy) is 1. The number of esters is 1. The second kappa shape index (κ2) is 57.7. The molecule has 0 rings (SSSR count). The van der Waals surface area contributed by atoms with E-state index in [1.807, 2.05) is 0 Å². The first-order valence-electron chi connectivity index (χ1n) is 30.2. The second-order valence-electron chi connectivity index (χ2n) is 20.7. The molecule has 0 aliphatic carbocycles. The number of aliphatic hydroxyl groups is 2. The monoisotopic (exact) mass is 956 g/mol. The molecule has 2 unspecified atom stereocenters. The van der Waals surface area contributed by atoms with Crippen LogP contribution in [0.15, 0.2) is 36.5 Å². The number of unbranched alkanes of at least 4 members (excludes halogenated alkanes) is 39. The second-order valence-corrected chi connectivity index (χ2v) is 20.7. The summed E-state index contributed by atoms with van der Waals surface area (Å²) in [6, 6.07) is -0.554. The highest BCUT2D eigenvalue weighted by molar-refractivity contribution is 5.76. The van der Waals surface area contributed by atoms with E-state index in [4.69, 9.17) is 4.74 Å². The van der Waals surface area contributed by atoms with E-state index in [9.17, 15) is 19.8 Å². The minimum absolute atomic E-state index is 0.0171. The van der Waals surface area contributed by atoms with Gasteiger partial charge in [0, 0.05) is 12.8 Å². The fourth-order valence-corrected chi connectivity index (χ4v) is 9.25. The van der Waals surface area contributed by atoms with Crippen molar-refractivity contribution >= 4 is 11.9 Å². The lowest BCUT2D eigenvalue weighted by molar-refractivity contribution is -0.143. The zero-order chi connectivity index (χ0) is 49.3. The minimum atomic E-state index is -0.676. The van der Waals surface area contributed by atoms with Crippen LogP contribution in [0.3, 0.4) is 0 Å². The van der Waals surface area contributed by atoms with Gasteiger partial charge in [-0.05, 0) is 83.5 Å². The van der Waals surface area contributed by atoms with Crippen molar-refractivity contribution in [2.24, 2.45) is 0 Å². The molecule has 0 heterocycles. The Labute approximate surface area is 424 Å². The summed E-state index contributed by atoms with van der Waals surface area (Å²) in [4.78, 5) is 24.6. The number of aliphatic hydroxyl groups excluding tert-OH is 2. The van der Waals surface area contributed by atoms with Crippen LogP contribution >= 0.6 is 0 Å². The Morgan fingerprint density at radius 2 is 0.735 bits per heavy atom. The summed E-state index contributed by atoms with van der Waals surface area (Å²) in [6.45, 7) is 4.91. The molecule has 6 nitrogen and oxygen atoms in total. The lowest BCUT2D eigenvalue weighted by Gasteiger charge is -2.22. The van der Waals surface area contributed by atoms with E-state index in [1.54, 1.807) is 0 Å². The molecule has 68 heavy (non-hydrogen) atoms. The number of hydrogen-bond donors (Lipinski definition) is 3. The Morgan fingerprint density at radius 3 is 1.15 bits per heavy atom. The van der Waals surface area contributed by atoms with Crippen molar-refractivity contribution in [3.05, 3.63) is 36.5 Å². The number of amides is 1. The average Bonchev–Trinajstić information content (AvgIpc) is 3.34. The third kappa shape index (κ3) is 53.4. The molecular formula is C62H117NO5. The number of allylic oxidation sites excluding steroid dienone is 6. The van der Waals surface area contributed by atoms with Crippen LogP contribution in [-0.2, 0) is 14.3 Å². The van der Waals surface area contributed by atoms with Crippen LogP contribution in [0.2, 0.25) is 0 Å². The molecule has 6 heteroatoms. The highest BCUT2D eigenvalue weighted by atomic mass is 16.5. The standard InChI is InChI=1S/C62H117NO5/c1-3-5-7-9-11-13-15-17-19-21-23-26-30-34-38-42-46-50-54-60(65)59(58-64)63-61(66)55-51-47-43-39-35-31-27-25-29-33-37-41-45-49-53-57-68-62(67)56-52-48-44-40-36-32-28-24-22-20-18-16-14-12-10-8-6-4-2/h14,16,20,22,29,33,59-60,64-65H,3-13,15,17-19,21,23-28,30-32,34-58H2,1-2H3,(H,63,66)/b16-14-,22-20-,33-29-. The van der Waals surface area contributed by atoms with Crippen LogP contribution in [0.4, 0.5) is 0 Å². The number of hydrogen-bond acceptors (Lipinski definition) is 5. The van der Waals surface area contributed by atoms with Crippen molar-refractivity contribution in [2.75, 3.05) is 13.2 Å². The molecule has 400 valence electrons. The van der Waals surface area contributed by atoms with Crippen LogP contribution in [0.5, 0.6) is 0 Å². The molecule has 3 N–H and O–H groups in total. The molecule has 0 spiro atoms. The first kappa shape index (κ1) is 66.1. The fourth-order valence-electron chi connectivity index (χ4n) is 9.25. The molecule has 0 fully saturated rings. The third-order valence-electron chi connectivity index (χ3n) is 13.9. The molecule has 0 aliphatic rings. The van der Waals surface area contributed by atoms with Gasteiger partial charge in [-0.15, -0.1) is 0 Å². The van der Waals surface area contributed by atoms with Gasteiger partial charge >= 0.3 is 5.97 Å². The van der Waals surface area contributed by atoms with Gasteiger partial charge in [0.05, 0.1) is 25.4 Å². The predicted octanol–water partition coefficient (Wildman–Crippen LogP) is 18.8. The van der Waals surface area contributed by atoms with Gasteiger partial charge in [0.1, 0.15) is 0 Å². The van der Waals surface area contributed by atoms with Crippen LogP contribution in [0, 0.1) is 0 Å². The smallest absolute Gasteiger partial charge is 0.305 e. The van der Waals surface area contributed by atoms with E-state index in [1.165, 1.54) is 212 Å². The van der Waals surface area contributed by atoms with Gasteiger partial charge < -0.3 is 20.3 Å². The average molecular weight is 957 g/mol. The molecule has 0 aromatic heterocycles. The summed E-state index contributed by atoms with van der Waals surface area (Å²) in [7, 11) is 0. The highest BCUT2D eigenvalue weighted by Crippen LogP contribution is 2.17. The van der Waals surface area contributed by atoms with E-state index >= 15 is 0 Å². The lowest BCUT2D eigenvalue weighted by Crippen LogP contribution is -2.45. The van der Waals surface area contributed by atoms with Crippen LogP contribution in [0.25, 0.3) is 0 Å². The maximum atomic E-state index is 12.5. The molecular weight excluding hydrogens is 839 g/mol. The Balaban J connectivity index is 3.47. The van der Waals surface area contributed by atoms with Crippen molar-refractivity contribution < 1.29 is 24.5 Å². The molecule has 2 atom stereocenters. The Morgan fingerprint density at radius 1 is 0.412 bits per heavy atom. The number of rotatable bonds is 56. The third-order valence-corrected chi connectivity index (χ3v) is 13.9. The summed E-state index contributed by atoms with van der Waals surface area (Å²) in [6.07, 6.45) is 71.3. The number of carbonyl (C=O) groups excluding carboxylic acids is 2. The van der Waals surface area contributed by atoms with Gasteiger partial charge in [0.25, 0.3) is 0 Å². The Bertz CT molecular complexity index is 1100. The van der Waals surface area contributed by atoms with E-state index in [2.05, 4.69) is 55.6 Å². The van der Waals surface area contributed by atoms with Crippen LogP contribution < -0.4 is 5.32 Å². The molecule has 0 saturated heterocycles. The van der Waals surface area contributed by atoms with E-state index in [0.29, 0.717) is 25.9 Å². The largest absolute Gasteiger partial charge is 0.466 e. The molecule has 0 aliphatic heterocycles. The Kier molecular flexibility index (Phi) is 56.0. The molecule has 1 amide bonds. The first-order valence-corrected chi connectivity index (χ1v) is 30.2. The fraction of sp³-hybridized carbons (Fsp3) is 0.871. The van der Waals surface area contributed by atoms with Crippen molar-refractivity contribution in [3.8, 4) is 0 Å². The van der Waals surface area contributed by atoms with E-state index in [-0.39, 0.29) is 18.5 Å². The maximum Gasteiger partial charge on any atom is 0.305 e. The van der Waals surface area contributed by atoms with Gasteiger partial charge in [0.15, 0.2) is 0 Å². The van der Waals surface area contributed by atoms with E-state index in [0.717, 1.165) is 77.0 Å². The highest BCUT2D eigenvalue weighted by Gasteiger charge is 2.20. The summed E-state index contributed by atoms with van der Waals surface area (Å²) in [5, 5.41) is 23.3. The Hall–Kier alpha value is -1.92. The normalized spacial score (nSPS) is 12.8. The van der Waals surface area contributed by atoms with Gasteiger partial charge in [-0.3, -0.25) is 9.59 Å². The minimum Gasteiger partial charge on any atom is -0.466 e. The van der Waals surface area contributed by atoms with Crippen molar-refractivity contribution in [1.82, 2.24) is 5.32 Å². The van der Waals surface area contributed by atoms with Crippen molar-refractivity contribution in [3.63, 3.8) is 0 Å².